The first-order valence-electron chi connectivity index (χ1n) is 8.58. The zero-order valence-electron chi connectivity index (χ0n) is 15.3. The molecule has 1 fully saturated rings. The quantitative estimate of drug-likeness (QED) is 0.611. The number of imide groups is 1. The van der Waals surface area contributed by atoms with Gasteiger partial charge in [-0.1, -0.05) is 17.9 Å². The Hall–Kier alpha value is -3.31. The number of ether oxygens (including phenoxy) is 1. The van der Waals surface area contributed by atoms with Crippen LogP contribution in [0.5, 0.6) is 5.75 Å². The van der Waals surface area contributed by atoms with Crippen LogP contribution in [0.3, 0.4) is 0 Å². The Morgan fingerprint density at radius 1 is 1.29 bits per heavy atom. The van der Waals surface area contributed by atoms with Gasteiger partial charge in [0.15, 0.2) is 0 Å². The molecule has 8 heteroatoms. The topological polar surface area (TPSA) is 87.7 Å². The molecule has 0 aliphatic carbocycles. The highest BCUT2D eigenvalue weighted by atomic mass is 32.1. The molecule has 28 heavy (non-hydrogen) atoms. The molecule has 4 amide bonds. The molecule has 2 aliphatic heterocycles. The van der Waals surface area contributed by atoms with Crippen LogP contribution in [0.15, 0.2) is 29.6 Å². The second kappa shape index (κ2) is 6.69. The number of aryl methyl sites for hydroxylation is 1. The third-order valence-corrected chi connectivity index (χ3v) is 5.58. The van der Waals surface area contributed by atoms with Gasteiger partial charge in [-0.3, -0.25) is 14.9 Å². The predicted molar refractivity (Wildman–Crippen MR) is 103 cm³/mol. The number of amides is 4. The Morgan fingerprint density at radius 3 is 2.75 bits per heavy atom. The van der Waals surface area contributed by atoms with E-state index < -0.39 is 17.5 Å². The Bertz CT molecular complexity index is 1060. The van der Waals surface area contributed by atoms with Crippen LogP contribution in [0.2, 0.25) is 0 Å². The highest BCUT2D eigenvalue weighted by Crippen LogP contribution is 2.28. The number of fused-ring (bicyclic) bond motifs is 1. The SMILES string of the molecule is COc1ccc2c(c1)C(=O)N(C[C@@]1(C#Cc3csc(C)c3)NC(=O)NC1=O)C2. The number of hydrogen-bond acceptors (Lipinski definition) is 5. The third kappa shape index (κ3) is 3.10. The van der Waals surface area contributed by atoms with E-state index in [4.69, 9.17) is 4.74 Å². The summed E-state index contributed by atoms with van der Waals surface area (Å²) in [6.07, 6.45) is 0. The Balaban J connectivity index is 1.64. The van der Waals surface area contributed by atoms with Crippen LogP contribution in [-0.4, -0.2) is 41.9 Å². The summed E-state index contributed by atoms with van der Waals surface area (Å²) in [7, 11) is 1.54. The largest absolute Gasteiger partial charge is 0.497 e. The average Bonchev–Trinajstić information content (AvgIpc) is 3.30. The molecule has 2 N–H and O–H groups in total. The second-order valence-electron chi connectivity index (χ2n) is 6.69. The third-order valence-electron chi connectivity index (χ3n) is 4.72. The molecule has 0 saturated carbocycles. The van der Waals surface area contributed by atoms with E-state index in [-0.39, 0.29) is 12.5 Å². The number of carbonyl (C=O) groups excluding carboxylic acids is 3. The molecule has 0 radical (unpaired) electrons. The van der Waals surface area contributed by atoms with Gasteiger partial charge in [0.2, 0.25) is 5.54 Å². The number of methoxy groups -OCH3 is 1. The van der Waals surface area contributed by atoms with Gasteiger partial charge in [0.05, 0.1) is 13.7 Å². The maximum absolute atomic E-state index is 12.8. The highest BCUT2D eigenvalue weighted by Gasteiger charge is 2.48. The van der Waals surface area contributed by atoms with Crippen LogP contribution in [0.25, 0.3) is 0 Å². The second-order valence-corrected chi connectivity index (χ2v) is 7.81. The first kappa shape index (κ1) is 18.1. The van der Waals surface area contributed by atoms with Crippen molar-refractivity contribution in [1.82, 2.24) is 15.5 Å². The lowest BCUT2D eigenvalue weighted by Crippen LogP contribution is -2.54. The van der Waals surface area contributed by atoms with Gasteiger partial charge >= 0.3 is 6.03 Å². The lowest BCUT2D eigenvalue weighted by molar-refractivity contribution is -0.122. The summed E-state index contributed by atoms with van der Waals surface area (Å²) >= 11 is 1.55. The van der Waals surface area contributed by atoms with E-state index in [2.05, 4.69) is 22.5 Å². The maximum Gasteiger partial charge on any atom is 0.323 e. The molecule has 1 aromatic carbocycles. The van der Waals surface area contributed by atoms with Crippen molar-refractivity contribution in [2.24, 2.45) is 0 Å². The first-order chi connectivity index (χ1) is 13.4. The zero-order chi connectivity index (χ0) is 19.9. The Labute approximate surface area is 165 Å². The van der Waals surface area contributed by atoms with Crippen LogP contribution < -0.4 is 15.4 Å². The molecule has 1 saturated heterocycles. The monoisotopic (exact) mass is 395 g/mol. The molecule has 7 nitrogen and oxygen atoms in total. The summed E-state index contributed by atoms with van der Waals surface area (Å²) in [5.74, 6) is 5.65. The smallest absolute Gasteiger partial charge is 0.323 e. The van der Waals surface area contributed by atoms with Gasteiger partial charge in [-0.25, -0.2) is 4.79 Å². The molecule has 142 valence electrons. The van der Waals surface area contributed by atoms with E-state index in [1.54, 1.807) is 23.5 Å². The lowest BCUT2D eigenvalue weighted by atomic mass is 9.99. The van der Waals surface area contributed by atoms with E-state index in [1.165, 1.54) is 12.0 Å². The van der Waals surface area contributed by atoms with Gasteiger partial charge in [-0.05, 0) is 30.7 Å². The number of hydrogen-bond donors (Lipinski definition) is 2. The molecular weight excluding hydrogens is 378 g/mol. The van der Waals surface area contributed by atoms with Crippen LogP contribution in [-0.2, 0) is 11.3 Å². The molecule has 0 spiro atoms. The summed E-state index contributed by atoms with van der Waals surface area (Å²) in [6, 6.07) is 6.58. The van der Waals surface area contributed by atoms with Crippen molar-refractivity contribution in [3.63, 3.8) is 0 Å². The summed E-state index contributed by atoms with van der Waals surface area (Å²) < 4.78 is 5.18. The van der Waals surface area contributed by atoms with Crippen LogP contribution in [0, 0.1) is 18.8 Å². The maximum atomic E-state index is 12.8. The van der Waals surface area contributed by atoms with E-state index in [0.717, 1.165) is 16.0 Å². The number of carbonyl (C=O) groups is 3. The Kier molecular flexibility index (Phi) is 4.32. The van der Waals surface area contributed by atoms with Crippen molar-refractivity contribution in [2.75, 3.05) is 13.7 Å². The first-order valence-corrected chi connectivity index (χ1v) is 9.46. The molecule has 0 unspecified atom stereocenters. The number of urea groups is 1. The highest BCUT2D eigenvalue weighted by molar-refractivity contribution is 7.10. The molecule has 2 aliphatic rings. The molecule has 0 bridgehead atoms. The van der Waals surface area contributed by atoms with Crippen molar-refractivity contribution in [3.05, 3.63) is 51.2 Å². The van der Waals surface area contributed by atoms with Crippen molar-refractivity contribution in [3.8, 4) is 17.6 Å². The summed E-state index contributed by atoms with van der Waals surface area (Å²) in [5.41, 5.74) is 0.638. The summed E-state index contributed by atoms with van der Waals surface area (Å²) in [5, 5.41) is 6.72. The molecule has 3 heterocycles. The minimum atomic E-state index is -1.49. The number of nitrogens with one attached hydrogen (secondary N) is 2. The normalized spacial score (nSPS) is 20.4. The van der Waals surface area contributed by atoms with Crippen LogP contribution >= 0.6 is 11.3 Å². The summed E-state index contributed by atoms with van der Waals surface area (Å²) in [4.78, 5) is 39.8. The van der Waals surface area contributed by atoms with Crippen molar-refractivity contribution in [2.45, 2.75) is 19.0 Å². The molecular formula is C20H17N3O4S. The number of benzene rings is 1. The van der Waals surface area contributed by atoms with E-state index in [0.29, 0.717) is 17.9 Å². The van der Waals surface area contributed by atoms with Gasteiger partial charge in [-0.15, -0.1) is 11.3 Å². The molecule has 2 aromatic rings. The molecule has 1 aromatic heterocycles. The fourth-order valence-corrected chi connectivity index (χ4v) is 3.93. The van der Waals surface area contributed by atoms with Gasteiger partial charge in [0, 0.05) is 27.9 Å². The van der Waals surface area contributed by atoms with E-state index in [1.807, 2.05) is 24.4 Å². The van der Waals surface area contributed by atoms with Gasteiger partial charge < -0.3 is 15.0 Å². The lowest BCUT2D eigenvalue weighted by Gasteiger charge is -2.26. The van der Waals surface area contributed by atoms with Gasteiger partial charge in [0.25, 0.3) is 11.8 Å². The average molecular weight is 395 g/mol. The minimum Gasteiger partial charge on any atom is -0.497 e. The number of nitrogens with zero attached hydrogens (tertiary/aromatic N) is 1. The Morgan fingerprint density at radius 2 is 2.11 bits per heavy atom. The van der Waals surface area contributed by atoms with Crippen molar-refractivity contribution >= 4 is 29.2 Å². The molecule has 4 rings (SSSR count). The van der Waals surface area contributed by atoms with Crippen LogP contribution in [0.1, 0.15) is 26.4 Å². The van der Waals surface area contributed by atoms with E-state index >= 15 is 0 Å². The molecule has 1 atom stereocenters. The van der Waals surface area contributed by atoms with Crippen molar-refractivity contribution < 1.29 is 19.1 Å². The number of thiophene rings is 1. The van der Waals surface area contributed by atoms with Crippen molar-refractivity contribution in [1.29, 1.82) is 0 Å². The standard InChI is InChI=1S/C20H17N3O4S/c1-12-7-13(10-28-12)5-6-20(18(25)21-19(26)22-20)11-23-9-14-3-4-15(27-2)8-16(14)17(23)24/h3-4,7-8,10H,9,11H2,1-2H3,(H2,21,22,25,26)/t20-/m1/s1. The summed E-state index contributed by atoms with van der Waals surface area (Å²) in [6.45, 7) is 2.25. The fraction of sp³-hybridized carbons (Fsp3) is 0.250. The van der Waals surface area contributed by atoms with E-state index in [9.17, 15) is 14.4 Å². The zero-order valence-corrected chi connectivity index (χ0v) is 16.1. The van der Waals surface area contributed by atoms with Gasteiger partial charge in [-0.2, -0.15) is 0 Å². The predicted octanol–water partition coefficient (Wildman–Crippen LogP) is 1.65. The van der Waals surface area contributed by atoms with Gasteiger partial charge in [0.1, 0.15) is 5.75 Å². The number of rotatable bonds is 3. The minimum absolute atomic E-state index is 0.0451. The van der Waals surface area contributed by atoms with Crippen LogP contribution in [0.4, 0.5) is 4.79 Å². The fourth-order valence-electron chi connectivity index (χ4n) is 3.30.